The van der Waals surface area contributed by atoms with Gasteiger partial charge in [0.15, 0.2) is 0 Å². The molecular weight excluding hydrogens is 150 g/mol. The highest BCUT2D eigenvalue weighted by atomic mass is 15.2. The third-order valence-electron chi connectivity index (χ3n) is 2.53. The van der Waals surface area contributed by atoms with Crippen LogP contribution in [0.1, 0.15) is 20.3 Å². The second-order valence-corrected chi connectivity index (χ2v) is 3.82. The van der Waals surface area contributed by atoms with Crippen molar-refractivity contribution >= 4 is 0 Å². The summed E-state index contributed by atoms with van der Waals surface area (Å²) in [5.74, 6) is 0. The van der Waals surface area contributed by atoms with Crippen LogP contribution in [0.15, 0.2) is 0 Å². The lowest BCUT2D eigenvalue weighted by molar-refractivity contribution is 0.268. The van der Waals surface area contributed by atoms with E-state index in [-0.39, 0.29) is 0 Å². The fourth-order valence-electron chi connectivity index (χ4n) is 1.71. The molecule has 0 spiro atoms. The second-order valence-electron chi connectivity index (χ2n) is 3.82. The van der Waals surface area contributed by atoms with E-state index in [0.717, 1.165) is 13.1 Å². The smallest absolute Gasteiger partial charge is 0.0207 e. The molecule has 3 N–H and O–H groups in total. The summed E-state index contributed by atoms with van der Waals surface area (Å²) in [5.41, 5.74) is 5.42. The largest absolute Gasteiger partial charge is 0.329 e. The maximum Gasteiger partial charge on any atom is 0.0207 e. The van der Waals surface area contributed by atoms with Gasteiger partial charge in [-0.2, -0.15) is 0 Å². The number of nitrogens with one attached hydrogen (secondary N) is 1. The van der Waals surface area contributed by atoms with Crippen molar-refractivity contribution in [3.63, 3.8) is 0 Å². The molecule has 0 aliphatic carbocycles. The molecule has 1 unspecified atom stereocenters. The first-order valence-corrected chi connectivity index (χ1v) is 4.91. The van der Waals surface area contributed by atoms with Crippen LogP contribution < -0.4 is 11.1 Å². The van der Waals surface area contributed by atoms with Gasteiger partial charge in [-0.25, -0.2) is 0 Å². The maximum absolute atomic E-state index is 5.42. The Bertz CT molecular complexity index is 125. The van der Waals surface area contributed by atoms with Gasteiger partial charge in [-0.15, -0.1) is 0 Å². The molecule has 1 rings (SSSR count). The van der Waals surface area contributed by atoms with E-state index in [2.05, 4.69) is 24.1 Å². The van der Waals surface area contributed by atoms with E-state index in [0.29, 0.717) is 12.1 Å². The van der Waals surface area contributed by atoms with Crippen molar-refractivity contribution in [2.75, 3.05) is 26.2 Å². The van der Waals surface area contributed by atoms with Crippen LogP contribution >= 0.6 is 0 Å². The lowest BCUT2D eigenvalue weighted by Crippen LogP contribution is -2.37. The van der Waals surface area contributed by atoms with Crippen LogP contribution in [0.5, 0.6) is 0 Å². The zero-order valence-electron chi connectivity index (χ0n) is 8.21. The monoisotopic (exact) mass is 171 g/mol. The van der Waals surface area contributed by atoms with E-state index in [4.69, 9.17) is 5.73 Å². The highest BCUT2D eigenvalue weighted by Gasteiger charge is 2.22. The Balaban J connectivity index is 2.17. The quantitative estimate of drug-likeness (QED) is 0.626. The van der Waals surface area contributed by atoms with Crippen LogP contribution in [-0.2, 0) is 0 Å². The molecule has 3 nitrogen and oxygen atoms in total. The van der Waals surface area contributed by atoms with Gasteiger partial charge in [-0.1, -0.05) is 0 Å². The van der Waals surface area contributed by atoms with Gasteiger partial charge in [0, 0.05) is 31.7 Å². The summed E-state index contributed by atoms with van der Waals surface area (Å²) in [6.45, 7) is 8.64. The predicted octanol–water partition coefficient (Wildman–Crippen LogP) is 0.0174. The van der Waals surface area contributed by atoms with Gasteiger partial charge in [0.2, 0.25) is 0 Å². The molecule has 0 aromatic rings. The van der Waals surface area contributed by atoms with Gasteiger partial charge in [-0.3, -0.25) is 4.90 Å². The first-order chi connectivity index (χ1) is 5.74. The Kier molecular flexibility index (Phi) is 3.98. The van der Waals surface area contributed by atoms with Gasteiger partial charge in [0.05, 0.1) is 0 Å². The molecule has 0 saturated carbocycles. The Morgan fingerprint density at radius 1 is 1.58 bits per heavy atom. The zero-order valence-corrected chi connectivity index (χ0v) is 8.21. The summed E-state index contributed by atoms with van der Waals surface area (Å²) in [4.78, 5) is 2.51. The van der Waals surface area contributed by atoms with Gasteiger partial charge in [-0.05, 0) is 26.8 Å². The van der Waals surface area contributed by atoms with Crippen molar-refractivity contribution in [2.24, 2.45) is 5.73 Å². The molecule has 3 heteroatoms. The standard InChI is InChI=1S/C9H21N3/c1-8(2)12-6-3-9(7-12)11-5-4-10/h8-9,11H,3-7,10H2,1-2H3. The molecule has 0 radical (unpaired) electrons. The van der Waals surface area contributed by atoms with Crippen LogP contribution in [0.25, 0.3) is 0 Å². The minimum Gasteiger partial charge on any atom is -0.329 e. The summed E-state index contributed by atoms with van der Waals surface area (Å²) in [7, 11) is 0. The van der Waals surface area contributed by atoms with Crippen molar-refractivity contribution in [3.05, 3.63) is 0 Å². The topological polar surface area (TPSA) is 41.3 Å². The van der Waals surface area contributed by atoms with Gasteiger partial charge in [0.1, 0.15) is 0 Å². The number of nitrogens with two attached hydrogens (primary N) is 1. The summed E-state index contributed by atoms with van der Waals surface area (Å²) < 4.78 is 0. The van der Waals surface area contributed by atoms with Crippen LogP contribution in [0.4, 0.5) is 0 Å². The normalized spacial score (nSPS) is 25.5. The van der Waals surface area contributed by atoms with Crippen molar-refractivity contribution in [3.8, 4) is 0 Å². The Hall–Kier alpha value is -0.120. The lowest BCUT2D eigenvalue weighted by atomic mass is 10.2. The van der Waals surface area contributed by atoms with Crippen molar-refractivity contribution < 1.29 is 0 Å². The van der Waals surface area contributed by atoms with E-state index in [1.807, 2.05) is 0 Å². The first kappa shape index (κ1) is 9.96. The van der Waals surface area contributed by atoms with Crippen molar-refractivity contribution in [1.29, 1.82) is 0 Å². The molecule has 12 heavy (non-hydrogen) atoms. The van der Waals surface area contributed by atoms with Gasteiger partial charge < -0.3 is 11.1 Å². The summed E-state index contributed by atoms with van der Waals surface area (Å²) >= 11 is 0. The summed E-state index contributed by atoms with van der Waals surface area (Å²) in [6, 6.07) is 1.37. The van der Waals surface area contributed by atoms with Crippen LogP contribution in [0.2, 0.25) is 0 Å². The van der Waals surface area contributed by atoms with E-state index in [1.165, 1.54) is 19.5 Å². The third-order valence-corrected chi connectivity index (χ3v) is 2.53. The SMILES string of the molecule is CC(C)N1CCC(NCCN)C1. The van der Waals surface area contributed by atoms with Gasteiger partial charge in [0.25, 0.3) is 0 Å². The molecule has 72 valence electrons. The molecule has 1 saturated heterocycles. The maximum atomic E-state index is 5.42. The molecule has 1 heterocycles. The minimum atomic E-state index is 0.677. The number of rotatable bonds is 4. The molecule has 1 aliphatic heterocycles. The molecule has 1 fully saturated rings. The highest BCUT2D eigenvalue weighted by molar-refractivity contribution is 4.82. The molecule has 0 aromatic heterocycles. The second kappa shape index (κ2) is 4.80. The number of hydrogen-bond acceptors (Lipinski definition) is 3. The Morgan fingerprint density at radius 3 is 2.83 bits per heavy atom. The zero-order chi connectivity index (χ0) is 8.97. The Morgan fingerprint density at radius 2 is 2.33 bits per heavy atom. The number of hydrogen-bond donors (Lipinski definition) is 2. The highest BCUT2D eigenvalue weighted by Crippen LogP contribution is 2.11. The van der Waals surface area contributed by atoms with E-state index in [9.17, 15) is 0 Å². The molecule has 0 amide bonds. The Labute approximate surface area is 75.3 Å². The average molecular weight is 171 g/mol. The molecular formula is C9H21N3. The van der Waals surface area contributed by atoms with E-state index < -0.39 is 0 Å². The lowest BCUT2D eigenvalue weighted by Gasteiger charge is -2.20. The van der Waals surface area contributed by atoms with E-state index >= 15 is 0 Å². The number of nitrogens with zero attached hydrogens (tertiary/aromatic N) is 1. The number of likely N-dealkylation sites (tertiary alicyclic amines) is 1. The van der Waals surface area contributed by atoms with Crippen LogP contribution in [0, 0.1) is 0 Å². The molecule has 0 bridgehead atoms. The summed E-state index contributed by atoms with van der Waals surface area (Å²) in [6.07, 6.45) is 1.28. The fraction of sp³-hybridized carbons (Fsp3) is 1.00. The van der Waals surface area contributed by atoms with Crippen molar-refractivity contribution in [2.45, 2.75) is 32.4 Å². The first-order valence-electron chi connectivity index (χ1n) is 4.91. The van der Waals surface area contributed by atoms with Gasteiger partial charge >= 0.3 is 0 Å². The fourth-order valence-corrected chi connectivity index (χ4v) is 1.71. The molecule has 0 aromatic carbocycles. The van der Waals surface area contributed by atoms with E-state index in [1.54, 1.807) is 0 Å². The average Bonchev–Trinajstić information content (AvgIpc) is 2.48. The molecule has 1 atom stereocenters. The third kappa shape index (κ3) is 2.73. The van der Waals surface area contributed by atoms with Crippen LogP contribution in [0.3, 0.4) is 0 Å². The summed E-state index contributed by atoms with van der Waals surface area (Å²) in [5, 5.41) is 3.45. The predicted molar refractivity (Wildman–Crippen MR) is 52.2 cm³/mol. The molecule has 1 aliphatic rings. The van der Waals surface area contributed by atoms with Crippen LogP contribution in [-0.4, -0.2) is 43.2 Å². The van der Waals surface area contributed by atoms with Crippen molar-refractivity contribution in [1.82, 2.24) is 10.2 Å². The minimum absolute atomic E-state index is 0.677.